The third-order valence-corrected chi connectivity index (χ3v) is 4.38. The first-order chi connectivity index (χ1) is 12.0. The number of carbonyl (C=O) groups is 1. The molecule has 0 heterocycles. The van der Waals surface area contributed by atoms with E-state index >= 15 is 0 Å². The second kappa shape index (κ2) is 9.20. The first-order valence-corrected chi connectivity index (χ1v) is 8.39. The van der Waals surface area contributed by atoms with Crippen LogP contribution in [0.2, 0.25) is 0 Å². The van der Waals surface area contributed by atoms with Crippen molar-refractivity contribution in [3.05, 3.63) is 65.7 Å². The van der Waals surface area contributed by atoms with Crippen LogP contribution in [-0.4, -0.2) is 30.3 Å². The minimum Gasteiger partial charge on any atom is -0.497 e. The molecule has 1 amide bonds. The van der Waals surface area contributed by atoms with E-state index in [4.69, 9.17) is 16.2 Å². The second-order valence-electron chi connectivity index (χ2n) is 6.31. The van der Waals surface area contributed by atoms with E-state index in [-0.39, 0.29) is 6.42 Å². The molecule has 0 aliphatic rings. The number of hydrogen-bond donors (Lipinski definition) is 3. The molecular formula is C20H26N2O3. The fraction of sp³-hybridized carbons (Fsp3) is 0.350. The van der Waals surface area contributed by atoms with Crippen molar-refractivity contribution in [3.63, 3.8) is 0 Å². The molecule has 5 heteroatoms. The Bertz CT molecular complexity index is 658. The normalized spacial score (nSPS) is 14.5. The van der Waals surface area contributed by atoms with Crippen LogP contribution >= 0.6 is 0 Å². The van der Waals surface area contributed by atoms with Crippen molar-refractivity contribution in [1.82, 2.24) is 0 Å². The summed E-state index contributed by atoms with van der Waals surface area (Å²) in [6.45, 7) is 0. The molecule has 0 aliphatic heterocycles. The summed E-state index contributed by atoms with van der Waals surface area (Å²) in [5.74, 6) is -0.142. The van der Waals surface area contributed by atoms with Gasteiger partial charge in [0.2, 0.25) is 5.91 Å². The van der Waals surface area contributed by atoms with Gasteiger partial charge in [0.05, 0.1) is 13.2 Å². The van der Waals surface area contributed by atoms with Crippen LogP contribution in [0.1, 0.15) is 17.5 Å². The fourth-order valence-electron chi connectivity index (χ4n) is 2.83. The molecular weight excluding hydrogens is 316 g/mol. The number of carbonyl (C=O) groups excluding carboxylic acids is 1. The van der Waals surface area contributed by atoms with E-state index < -0.39 is 24.0 Å². The van der Waals surface area contributed by atoms with Crippen LogP contribution in [0.3, 0.4) is 0 Å². The van der Waals surface area contributed by atoms with Crippen molar-refractivity contribution >= 4 is 5.91 Å². The number of ether oxygens (including phenoxy) is 1. The molecule has 0 aliphatic carbocycles. The average Bonchev–Trinajstić information content (AvgIpc) is 2.62. The number of rotatable bonds is 9. The highest BCUT2D eigenvalue weighted by molar-refractivity contribution is 5.77. The highest BCUT2D eigenvalue weighted by atomic mass is 16.5. The molecule has 5 nitrogen and oxygen atoms in total. The minimum atomic E-state index is -0.795. The Kier molecular flexibility index (Phi) is 6.98. The number of amides is 1. The minimum absolute atomic E-state index is 0.245. The Balaban J connectivity index is 1.96. The van der Waals surface area contributed by atoms with Gasteiger partial charge in [-0.3, -0.25) is 4.79 Å². The van der Waals surface area contributed by atoms with E-state index in [0.29, 0.717) is 12.8 Å². The zero-order chi connectivity index (χ0) is 18.2. The van der Waals surface area contributed by atoms with E-state index in [0.717, 1.165) is 16.9 Å². The molecule has 0 bridgehead atoms. The summed E-state index contributed by atoms with van der Waals surface area (Å²) in [5.41, 5.74) is 13.7. The highest BCUT2D eigenvalue weighted by Crippen LogP contribution is 2.19. The largest absolute Gasteiger partial charge is 0.497 e. The van der Waals surface area contributed by atoms with Gasteiger partial charge >= 0.3 is 0 Å². The van der Waals surface area contributed by atoms with E-state index in [1.807, 2.05) is 54.6 Å². The summed E-state index contributed by atoms with van der Waals surface area (Å²) < 4.78 is 5.13. The van der Waals surface area contributed by atoms with Crippen molar-refractivity contribution in [2.24, 2.45) is 17.4 Å². The van der Waals surface area contributed by atoms with Crippen LogP contribution in [0.15, 0.2) is 54.6 Å². The Morgan fingerprint density at radius 3 is 2.20 bits per heavy atom. The lowest BCUT2D eigenvalue weighted by Crippen LogP contribution is -2.40. The molecule has 0 radical (unpaired) electrons. The number of aliphatic hydroxyl groups excluding tert-OH is 1. The van der Waals surface area contributed by atoms with Gasteiger partial charge in [-0.1, -0.05) is 42.5 Å². The highest BCUT2D eigenvalue weighted by Gasteiger charge is 2.24. The summed E-state index contributed by atoms with van der Waals surface area (Å²) in [5, 5.41) is 10.4. The number of hydrogen-bond acceptors (Lipinski definition) is 4. The number of methoxy groups -OCH3 is 1. The summed E-state index contributed by atoms with van der Waals surface area (Å²) >= 11 is 0. The zero-order valence-corrected chi connectivity index (χ0v) is 14.5. The standard InChI is InChI=1S/C20H26N2O3/c1-25-17-9-7-15(8-10-17)11-16(20(22)24)13-19(23)18(21)12-14-5-3-2-4-6-14/h2-10,16,18-19,23H,11-13,21H2,1H3,(H2,22,24)/t16-,18+,19+/m1/s1. The maximum absolute atomic E-state index is 11.8. The van der Waals surface area contributed by atoms with Crippen molar-refractivity contribution in [2.75, 3.05) is 7.11 Å². The maximum Gasteiger partial charge on any atom is 0.220 e. The van der Waals surface area contributed by atoms with E-state index in [2.05, 4.69) is 0 Å². The van der Waals surface area contributed by atoms with Crippen LogP contribution < -0.4 is 16.2 Å². The number of aliphatic hydroxyl groups is 1. The molecule has 0 fully saturated rings. The Morgan fingerprint density at radius 2 is 1.64 bits per heavy atom. The molecule has 0 saturated carbocycles. The molecule has 2 rings (SSSR count). The predicted molar refractivity (Wildman–Crippen MR) is 98.1 cm³/mol. The first-order valence-electron chi connectivity index (χ1n) is 8.39. The smallest absolute Gasteiger partial charge is 0.220 e. The van der Waals surface area contributed by atoms with Crippen molar-refractivity contribution in [1.29, 1.82) is 0 Å². The summed E-state index contributed by atoms with van der Waals surface area (Å²) in [6.07, 6.45) is 0.468. The molecule has 2 aromatic rings. The molecule has 3 atom stereocenters. The van der Waals surface area contributed by atoms with Crippen LogP contribution in [0.5, 0.6) is 5.75 Å². The third kappa shape index (κ3) is 5.89. The number of benzene rings is 2. The topological polar surface area (TPSA) is 98.6 Å². The SMILES string of the molecule is COc1ccc(C[C@H](C[C@H](O)[C@@H](N)Cc2ccccc2)C(N)=O)cc1. The van der Waals surface area contributed by atoms with Crippen LogP contribution in [0.4, 0.5) is 0 Å². The van der Waals surface area contributed by atoms with Gasteiger partial charge in [-0.2, -0.15) is 0 Å². The predicted octanol–water partition coefficient (Wildman–Crippen LogP) is 1.66. The van der Waals surface area contributed by atoms with Crippen LogP contribution in [0, 0.1) is 5.92 Å². The maximum atomic E-state index is 11.8. The summed E-state index contributed by atoms with van der Waals surface area (Å²) in [7, 11) is 1.60. The Morgan fingerprint density at radius 1 is 1.04 bits per heavy atom. The lowest BCUT2D eigenvalue weighted by atomic mass is 9.89. The van der Waals surface area contributed by atoms with Crippen molar-refractivity contribution in [3.8, 4) is 5.75 Å². The monoisotopic (exact) mass is 342 g/mol. The summed E-state index contributed by atoms with van der Waals surface area (Å²) in [4.78, 5) is 11.8. The number of primary amides is 1. The molecule has 0 unspecified atom stereocenters. The molecule has 25 heavy (non-hydrogen) atoms. The van der Waals surface area contributed by atoms with Crippen molar-refractivity contribution in [2.45, 2.75) is 31.4 Å². The fourth-order valence-corrected chi connectivity index (χ4v) is 2.83. The third-order valence-electron chi connectivity index (χ3n) is 4.38. The molecule has 134 valence electrons. The van der Waals surface area contributed by atoms with Gasteiger partial charge in [-0.05, 0) is 42.5 Å². The van der Waals surface area contributed by atoms with Gasteiger partial charge in [-0.15, -0.1) is 0 Å². The van der Waals surface area contributed by atoms with Gasteiger partial charge in [0.25, 0.3) is 0 Å². The Hall–Kier alpha value is -2.37. The molecule has 0 aromatic heterocycles. The van der Waals surface area contributed by atoms with E-state index in [9.17, 15) is 9.90 Å². The van der Waals surface area contributed by atoms with Gasteiger partial charge in [0.1, 0.15) is 5.75 Å². The summed E-state index contributed by atoms with van der Waals surface area (Å²) in [6, 6.07) is 16.8. The lowest BCUT2D eigenvalue weighted by molar-refractivity contribution is -0.122. The van der Waals surface area contributed by atoms with Crippen LogP contribution in [-0.2, 0) is 17.6 Å². The molecule has 5 N–H and O–H groups in total. The second-order valence-corrected chi connectivity index (χ2v) is 6.31. The molecule has 2 aromatic carbocycles. The quantitative estimate of drug-likeness (QED) is 0.645. The van der Waals surface area contributed by atoms with Gasteiger partial charge < -0.3 is 21.3 Å². The van der Waals surface area contributed by atoms with E-state index in [1.165, 1.54) is 0 Å². The number of nitrogens with two attached hydrogens (primary N) is 2. The first kappa shape index (κ1) is 19.0. The van der Waals surface area contributed by atoms with Crippen LogP contribution in [0.25, 0.3) is 0 Å². The van der Waals surface area contributed by atoms with Gasteiger partial charge in [0, 0.05) is 12.0 Å². The lowest BCUT2D eigenvalue weighted by Gasteiger charge is -2.23. The molecule has 0 spiro atoms. The zero-order valence-electron chi connectivity index (χ0n) is 14.5. The van der Waals surface area contributed by atoms with Gasteiger partial charge in [-0.25, -0.2) is 0 Å². The average molecular weight is 342 g/mol. The van der Waals surface area contributed by atoms with Crippen molar-refractivity contribution < 1.29 is 14.6 Å². The van der Waals surface area contributed by atoms with E-state index in [1.54, 1.807) is 7.11 Å². The molecule has 0 saturated heterocycles. The van der Waals surface area contributed by atoms with Gasteiger partial charge in [0.15, 0.2) is 0 Å². The Labute approximate surface area is 148 Å².